The number of aromatic nitrogens is 2. The number of nitrogens with one attached hydrogen (secondary N) is 1. The van der Waals surface area contributed by atoms with E-state index in [0.717, 1.165) is 11.3 Å². The van der Waals surface area contributed by atoms with Crippen LogP contribution in [0.15, 0.2) is 48.5 Å². The molecule has 0 aliphatic carbocycles. The zero-order valence-electron chi connectivity index (χ0n) is 14.8. The van der Waals surface area contributed by atoms with Crippen LogP contribution >= 0.6 is 11.3 Å². The minimum absolute atomic E-state index is 0.0377. The van der Waals surface area contributed by atoms with Gasteiger partial charge in [-0.1, -0.05) is 30.4 Å². The minimum atomic E-state index is -0.838. The SMILES string of the molecule is CC[C@H](Oc1ccccc1F)C(=O)Nc1nnc(-c2ccc(OC)cc2)s1. The summed E-state index contributed by atoms with van der Waals surface area (Å²) >= 11 is 1.24. The summed E-state index contributed by atoms with van der Waals surface area (Å²) in [6, 6.07) is 13.3. The van der Waals surface area contributed by atoms with Crippen molar-refractivity contribution in [2.24, 2.45) is 0 Å². The number of ether oxygens (including phenoxy) is 2. The number of nitrogens with zero attached hydrogens (tertiary/aromatic N) is 2. The lowest BCUT2D eigenvalue weighted by atomic mass is 10.2. The number of amides is 1. The lowest BCUT2D eigenvalue weighted by molar-refractivity contribution is -0.122. The van der Waals surface area contributed by atoms with E-state index >= 15 is 0 Å². The molecule has 1 aromatic heterocycles. The molecule has 1 heterocycles. The molecule has 6 nitrogen and oxygen atoms in total. The molecular weight excluding hydrogens is 369 g/mol. The van der Waals surface area contributed by atoms with Gasteiger partial charge in [0.25, 0.3) is 5.91 Å². The number of hydrogen-bond donors (Lipinski definition) is 1. The molecule has 140 valence electrons. The monoisotopic (exact) mass is 387 g/mol. The van der Waals surface area contributed by atoms with Crippen molar-refractivity contribution in [3.8, 4) is 22.1 Å². The fraction of sp³-hybridized carbons (Fsp3) is 0.211. The Morgan fingerprint density at radius 2 is 1.93 bits per heavy atom. The van der Waals surface area contributed by atoms with Crippen molar-refractivity contribution >= 4 is 22.4 Å². The smallest absolute Gasteiger partial charge is 0.267 e. The topological polar surface area (TPSA) is 73.3 Å². The van der Waals surface area contributed by atoms with Gasteiger partial charge in [-0.15, -0.1) is 10.2 Å². The van der Waals surface area contributed by atoms with E-state index in [2.05, 4.69) is 15.5 Å². The number of hydrogen-bond acceptors (Lipinski definition) is 6. The van der Waals surface area contributed by atoms with Gasteiger partial charge in [-0.2, -0.15) is 0 Å². The van der Waals surface area contributed by atoms with Crippen LogP contribution in [-0.4, -0.2) is 29.3 Å². The third-order valence-electron chi connectivity index (χ3n) is 3.76. The average Bonchev–Trinajstić information content (AvgIpc) is 3.15. The Kier molecular flexibility index (Phi) is 5.97. The number of anilines is 1. The Bertz CT molecular complexity index is 915. The molecule has 0 aliphatic heterocycles. The zero-order chi connectivity index (χ0) is 19.2. The van der Waals surface area contributed by atoms with E-state index in [1.807, 2.05) is 24.3 Å². The molecule has 3 aromatic rings. The van der Waals surface area contributed by atoms with Crippen molar-refractivity contribution in [1.29, 1.82) is 0 Å². The molecule has 0 unspecified atom stereocenters. The fourth-order valence-electron chi connectivity index (χ4n) is 2.33. The van der Waals surface area contributed by atoms with E-state index in [0.29, 0.717) is 16.6 Å². The molecule has 8 heteroatoms. The van der Waals surface area contributed by atoms with E-state index in [4.69, 9.17) is 9.47 Å². The lowest BCUT2D eigenvalue weighted by Gasteiger charge is -2.16. The highest BCUT2D eigenvalue weighted by Gasteiger charge is 2.21. The Labute approximate surface area is 160 Å². The molecule has 0 bridgehead atoms. The first-order valence-electron chi connectivity index (χ1n) is 8.30. The number of carbonyl (C=O) groups is 1. The largest absolute Gasteiger partial charge is 0.497 e. The van der Waals surface area contributed by atoms with E-state index in [9.17, 15) is 9.18 Å². The van der Waals surface area contributed by atoms with Crippen LogP contribution in [0.4, 0.5) is 9.52 Å². The van der Waals surface area contributed by atoms with Crippen molar-refractivity contribution in [3.05, 3.63) is 54.3 Å². The second kappa shape index (κ2) is 8.59. The summed E-state index contributed by atoms with van der Waals surface area (Å²) in [4.78, 5) is 12.5. The maximum Gasteiger partial charge on any atom is 0.267 e. The van der Waals surface area contributed by atoms with Gasteiger partial charge < -0.3 is 9.47 Å². The molecule has 3 rings (SSSR count). The van der Waals surface area contributed by atoms with E-state index < -0.39 is 17.8 Å². The average molecular weight is 387 g/mol. The summed E-state index contributed by atoms with van der Waals surface area (Å²) in [6.45, 7) is 1.79. The van der Waals surface area contributed by atoms with E-state index in [1.165, 1.54) is 23.5 Å². The Hall–Kier alpha value is -3.00. The predicted octanol–water partition coefficient (Wildman–Crippen LogP) is 4.15. The third-order valence-corrected chi connectivity index (χ3v) is 4.65. The number of para-hydroxylation sites is 1. The van der Waals surface area contributed by atoms with Gasteiger partial charge in [0.05, 0.1) is 7.11 Å². The van der Waals surface area contributed by atoms with Crippen LogP contribution in [0.25, 0.3) is 10.6 Å². The highest BCUT2D eigenvalue weighted by Crippen LogP contribution is 2.28. The summed E-state index contributed by atoms with van der Waals surface area (Å²) in [7, 11) is 1.60. The van der Waals surface area contributed by atoms with Crippen molar-refractivity contribution in [1.82, 2.24) is 10.2 Å². The maximum atomic E-state index is 13.7. The first kappa shape index (κ1) is 18.8. The highest BCUT2D eigenvalue weighted by molar-refractivity contribution is 7.18. The van der Waals surface area contributed by atoms with Crippen LogP contribution in [0.3, 0.4) is 0 Å². The van der Waals surface area contributed by atoms with Crippen LogP contribution in [0, 0.1) is 5.82 Å². The minimum Gasteiger partial charge on any atom is -0.497 e. The molecule has 1 amide bonds. The van der Waals surface area contributed by atoms with E-state index in [-0.39, 0.29) is 5.75 Å². The van der Waals surface area contributed by atoms with Gasteiger partial charge in [-0.3, -0.25) is 10.1 Å². The van der Waals surface area contributed by atoms with Gasteiger partial charge in [-0.05, 0) is 42.8 Å². The number of benzene rings is 2. The predicted molar refractivity (Wildman–Crippen MR) is 102 cm³/mol. The third kappa shape index (κ3) is 4.59. The van der Waals surface area contributed by atoms with Crippen LogP contribution in [0.2, 0.25) is 0 Å². The maximum absolute atomic E-state index is 13.7. The summed E-state index contributed by atoms with van der Waals surface area (Å²) in [5.74, 6) is -0.136. The molecule has 0 fully saturated rings. The molecule has 0 aliphatic rings. The van der Waals surface area contributed by atoms with Crippen LogP contribution in [0.1, 0.15) is 13.3 Å². The Morgan fingerprint density at radius 1 is 1.19 bits per heavy atom. The van der Waals surface area contributed by atoms with Gasteiger partial charge in [0.2, 0.25) is 5.13 Å². The quantitative estimate of drug-likeness (QED) is 0.659. The molecule has 2 aromatic carbocycles. The van der Waals surface area contributed by atoms with Crippen molar-refractivity contribution in [2.45, 2.75) is 19.4 Å². The molecule has 0 spiro atoms. The molecule has 1 atom stereocenters. The number of halogens is 1. The number of rotatable bonds is 7. The van der Waals surface area contributed by atoms with E-state index in [1.54, 1.807) is 26.2 Å². The van der Waals surface area contributed by atoms with Crippen molar-refractivity contribution < 1.29 is 18.7 Å². The summed E-state index contributed by atoms with van der Waals surface area (Å²) in [5.41, 5.74) is 0.864. The van der Waals surface area contributed by atoms with Gasteiger partial charge in [0.15, 0.2) is 17.7 Å². The van der Waals surface area contributed by atoms with Gasteiger partial charge in [-0.25, -0.2) is 4.39 Å². The zero-order valence-corrected chi connectivity index (χ0v) is 15.6. The summed E-state index contributed by atoms with van der Waals surface area (Å²) in [5, 5.41) is 11.8. The lowest BCUT2D eigenvalue weighted by Crippen LogP contribution is -2.32. The molecular formula is C19H18FN3O3S. The fourth-order valence-corrected chi connectivity index (χ4v) is 3.08. The second-order valence-corrected chi connectivity index (χ2v) is 6.55. The van der Waals surface area contributed by atoms with Crippen molar-refractivity contribution in [2.75, 3.05) is 12.4 Å². The Morgan fingerprint density at radius 3 is 2.59 bits per heavy atom. The van der Waals surface area contributed by atoms with Crippen LogP contribution in [0.5, 0.6) is 11.5 Å². The molecule has 0 saturated carbocycles. The molecule has 1 N–H and O–H groups in total. The first-order chi connectivity index (χ1) is 13.1. The number of methoxy groups -OCH3 is 1. The van der Waals surface area contributed by atoms with Gasteiger partial charge in [0.1, 0.15) is 10.8 Å². The summed E-state index contributed by atoms with van der Waals surface area (Å²) < 4.78 is 24.4. The Balaban J connectivity index is 1.67. The molecule has 0 saturated heterocycles. The van der Waals surface area contributed by atoms with Gasteiger partial charge >= 0.3 is 0 Å². The number of carbonyl (C=O) groups excluding carboxylic acids is 1. The standard InChI is InChI=1S/C19H18FN3O3S/c1-3-15(26-16-7-5-4-6-14(16)20)17(24)21-19-23-22-18(27-19)12-8-10-13(25-2)11-9-12/h4-11,15H,3H2,1-2H3,(H,21,23,24)/t15-/m0/s1. The van der Waals surface area contributed by atoms with Crippen molar-refractivity contribution in [3.63, 3.8) is 0 Å². The van der Waals surface area contributed by atoms with Crippen LogP contribution < -0.4 is 14.8 Å². The van der Waals surface area contributed by atoms with Gasteiger partial charge in [0, 0.05) is 5.56 Å². The normalized spacial score (nSPS) is 11.7. The summed E-state index contributed by atoms with van der Waals surface area (Å²) in [6.07, 6.45) is -0.458. The second-order valence-electron chi connectivity index (χ2n) is 5.58. The molecule has 0 radical (unpaired) electrons. The highest BCUT2D eigenvalue weighted by atomic mass is 32.1. The first-order valence-corrected chi connectivity index (χ1v) is 9.12. The molecule has 27 heavy (non-hydrogen) atoms. The van der Waals surface area contributed by atoms with Crippen LogP contribution in [-0.2, 0) is 4.79 Å².